The Morgan fingerprint density at radius 2 is 1.79 bits per heavy atom. The van der Waals surface area contributed by atoms with E-state index >= 15 is 0 Å². The molecule has 0 aliphatic carbocycles. The van der Waals surface area contributed by atoms with E-state index in [1.165, 1.54) is 5.17 Å². The molecule has 19 heavy (non-hydrogen) atoms. The van der Waals surface area contributed by atoms with Crippen LogP contribution in [0.25, 0.3) is 0 Å². The van der Waals surface area contributed by atoms with Crippen LogP contribution in [0.15, 0.2) is 4.99 Å². The van der Waals surface area contributed by atoms with Crippen LogP contribution in [0, 0.1) is 0 Å². The second kappa shape index (κ2) is 6.24. The molecule has 0 aromatic rings. The Morgan fingerprint density at radius 3 is 2.21 bits per heavy atom. The van der Waals surface area contributed by atoms with E-state index in [1.54, 1.807) is 0 Å². The number of hydrogen-bond donors (Lipinski definition) is 0. The molecular formula is C13H26N4S2. The summed E-state index contributed by atoms with van der Waals surface area (Å²) in [6.07, 6.45) is 0. The van der Waals surface area contributed by atoms with E-state index < -0.39 is 0 Å². The topological polar surface area (TPSA) is 22.1 Å². The highest BCUT2D eigenvalue weighted by Crippen LogP contribution is 2.40. The minimum absolute atomic E-state index is 0.266. The first-order valence-electron chi connectivity index (χ1n) is 7.00. The quantitative estimate of drug-likeness (QED) is 0.728. The maximum absolute atomic E-state index is 4.86. The predicted molar refractivity (Wildman–Crippen MR) is 87.6 cm³/mol. The van der Waals surface area contributed by atoms with Crippen LogP contribution in [0.5, 0.6) is 0 Å². The van der Waals surface area contributed by atoms with E-state index in [0.29, 0.717) is 18.1 Å². The van der Waals surface area contributed by atoms with Gasteiger partial charge in [0.25, 0.3) is 0 Å². The minimum Gasteiger partial charge on any atom is -0.343 e. The molecule has 3 atom stereocenters. The number of piperazine rings is 1. The smallest absolute Gasteiger partial charge is 0.173 e. The molecule has 2 aliphatic rings. The average Bonchev–Trinajstić information content (AvgIpc) is 2.77. The van der Waals surface area contributed by atoms with Gasteiger partial charge in [0.15, 0.2) is 10.7 Å². The summed E-state index contributed by atoms with van der Waals surface area (Å²) in [7, 11) is 7.86. The summed E-state index contributed by atoms with van der Waals surface area (Å²) in [4.78, 5) is 12.1. The molecule has 0 radical (unpaired) electrons. The summed E-state index contributed by atoms with van der Waals surface area (Å²) < 4.78 is 0. The molecular weight excluding hydrogens is 276 g/mol. The van der Waals surface area contributed by atoms with Crippen molar-refractivity contribution in [1.29, 1.82) is 0 Å². The lowest BCUT2D eigenvalue weighted by Gasteiger charge is -2.46. The SMILES string of the molecule is CC(C)N1CC(C)N(C2=NC(N(C)C)SS2)C(C)C1. The second-order valence-corrected chi connectivity index (χ2v) is 8.26. The molecule has 2 heterocycles. The van der Waals surface area contributed by atoms with Gasteiger partial charge in [0, 0.05) is 31.2 Å². The summed E-state index contributed by atoms with van der Waals surface area (Å²) in [5, 5.41) is 1.21. The number of nitrogens with zero attached hydrogens (tertiary/aromatic N) is 4. The van der Waals surface area contributed by atoms with E-state index in [-0.39, 0.29) is 5.50 Å². The summed E-state index contributed by atoms with van der Waals surface area (Å²) >= 11 is 0. The molecule has 0 saturated carbocycles. The van der Waals surface area contributed by atoms with Gasteiger partial charge in [-0.05, 0) is 63.4 Å². The number of aliphatic imine (C=N–C) groups is 1. The average molecular weight is 303 g/mol. The van der Waals surface area contributed by atoms with Crippen LogP contribution in [0.1, 0.15) is 27.7 Å². The molecule has 0 N–H and O–H groups in total. The van der Waals surface area contributed by atoms with E-state index in [2.05, 4.69) is 56.5 Å². The van der Waals surface area contributed by atoms with Crippen molar-refractivity contribution in [3.05, 3.63) is 0 Å². The largest absolute Gasteiger partial charge is 0.343 e. The Balaban J connectivity index is 2.07. The predicted octanol–water partition coefficient (Wildman–Crippen LogP) is 2.39. The normalized spacial score (nSPS) is 33.4. The van der Waals surface area contributed by atoms with Crippen LogP contribution in [0.4, 0.5) is 0 Å². The first-order chi connectivity index (χ1) is 8.90. The fourth-order valence-corrected chi connectivity index (χ4v) is 5.39. The van der Waals surface area contributed by atoms with Gasteiger partial charge in [0.2, 0.25) is 0 Å². The molecule has 0 spiro atoms. The first kappa shape index (κ1) is 15.5. The Hall–Kier alpha value is 0.0900. The fraction of sp³-hybridized carbons (Fsp3) is 0.923. The van der Waals surface area contributed by atoms with Crippen molar-refractivity contribution in [3.8, 4) is 0 Å². The highest BCUT2D eigenvalue weighted by atomic mass is 33.1. The molecule has 6 heteroatoms. The van der Waals surface area contributed by atoms with Gasteiger partial charge in [-0.1, -0.05) is 0 Å². The van der Waals surface area contributed by atoms with Gasteiger partial charge in [0.1, 0.15) is 0 Å². The van der Waals surface area contributed by atoms with Gasteiger partial charge >= 0.3 is 0 Å². The van der Waals surface area contributed by atoms with E-state index in [1.807, 2.05) is 21.6 Å². The van der Waals surface area contributed by atoms with Crippen molar-refractivity contribution in [2.75, 3.05) is 27.2 Å². The second-order valence-electron chi connectivity index (χ2n) is 6.03. The van der Waals surface area contributed by atoms with Crippen LogP contribution in [0.3, 0.4) is 0 Å². The Labute approximate surface area is 125 Å². The standard InChI is InChI=1S/C13H26N4S2/c1-9(2)16-7-10(3)17(11(4)8-16)13-14-12(15(5)6)18-19-13/h9-12H,7-8H2,1-6H3. The van der Waals surface area contributed by atoms with E-state index in [9.17, 15) is 0 Å². The minimum atomic E-state index is 0.266. The lowest BCUT2D eigenvalue weighted by molar-refractivity contribution is 0.0726. The maximum atomic E-state index is 4.86. The van der Waals surface area contributed by atoms with E-state index in [0.717, 1.165) is 13.1 Å². The lowest BCUT2D eigenvalue weighted by Crippen LogP contribution is -2.59. The molecule has 110 valence electrons. The van der Waals surface area contributed by atoms with Gasteiger partial charge in [-0.3, -0.25) is 9.80 Å². The molecule has 2 rings (SSSR count). The molecule has 4 nitrogen and oxygen atoms in total. The van der Waals surface area contributed by atoms with Crippen molar-refractivity contribution in [2.45, 2.75) is 51.3 Å². The van der Waals surface area contributed by atoms with Crippen LogP contribution < -0.4 is 0 Å². The number of rotatable bonds is 2. The Bertz CT molecular complexity index is 334. The van der Waals surface area contributed by atoms with Gasteiger partial charge in [-0.25, -0.2) is 4.99 Å². The number of amidine groups is 1. The molecule has 0 amide bonds. The van der Waals surface area contributed by atoms with Crippen molar-refractivity contribution < 1.29 is 0 Å². The summed E-state index contributed by atoms with van der Waals surface area (Å²) in [6.45, 7) is 11.5. The van der Waals surface area contributed by atoms with Crippen LogP contribution in [-0.2, 0) is 0 Å². The van der Waals surface area contributed by atoms with Gasteiger partial charge in [0.05, 0.1) is 0 Å². The van der Waals surface area contributed by atoms with Gasteiger partial charge in [-0.2, -0.15) is 0 Å². The summed E-state index contributed by atoms with van der Waals surface area (Å²) in [5.74, 6) is 0. The third-order valence-corrected chi connectivity index (χ3v) is 6.28. The maximum Gasteiger partial charge on any atom is 0.173 e. The van der Waals surface area contributed by atoms with Crippen molar-refractivity contribution in [2.24, 2.45) is 4.99 Å². The molecule has 3 unspecified atom stereocenters. The summed E-state index contributed by atoms with van der Waals surface area (Å²) in [5.41, 5.74) is 0.266. The van der Waals surface area contributed by atoms with Crippen molar-refractivity contribution in [1.82, 2.24) is 14.7 Å². The monoisotopic (exact) mass is 302 g/mol. The van der Waals surface area contributed by atoms with Crippen molar-refractivity contribution >= 4 is 26.8 Å². The zero-order valence-corrected chi connectivity index (χ0v) is 14.5. The highest BCUT2D eigenvalue weighted by Gasteiger charge is 2.35. The third-order valence-electron chi connectivity index (χ3n) is 3.77. The molecule has 0 aromatic carbocycles. The fourth-order valence-electron chi connectivity index (χ4n) is 2.70. The summed E-state index contributed by atoms with van der Waals surface area (Å²) in [6, 6.07) is 1.71. The van der Waals surface area contributed by atoms with Crippen LogP contribution in [-0.4, -0.2) is 70.7 Å². The number of hydrogen-bond acceptors (Lipinski definition) is 6. The molecule has 1 saturated heterocycles. The zero-order valence-electron chi connectivity index (χ0n) is 12.8. The van der Waals surface area contributed by atoms with Gasteiger partial charge < -0.3 is 4.90 Å². The Kier molecular flexibility index (Phi) is 5.09. The molecule has 0 bridgehead atoms. The van der Waals surface area contributed by atoms with Gasteiger partial charge in [-0.15, -0.1) is 0 Å². The van der Waals surface area contributed by atoms with E-state index in [4.69, 9.17) is 4.99 Å². The first-order valence-corrected chi connectivity index (χ1v) is 9.21. The molecule has 1 fully saturated rings. The third kappa shape index (κ3) is 3.40. The molecule has 2 aliphatic heterocycles. The van der Waals surface area contributed by atoms with Crippen molar-refractivity contribution in [3.63, 3.8) is 0 Å². The van der Waals surface area contributed by atoms with Crippen LogP contribution in [0.2, 0.25) is 0 Å². The molecule has 0 aromatic heterocycles. The zero-order chi connectivity index (χ0) is 14.2. The highest BCUT2D eigenvalue weighted by molar-refractivity contribution is 8.82. The lowest BCUT2D eigenvalue weighted by atomic mass is 10.1. The Morgan fingerprint density at radius 1 is 1.21 bits per heavy atom. The van der Waals surface area contributed by atoms with Crippen LogP contribution >= 0.6 is 21.6 Å².